The number of thiocarbonyl (C=S) groups is 1. The summed E-state index contributed by atoms with van der Waals surface area (Å²) >= 11 is 7.35. The number of aromatic amines is 1. The number of nitrogens with zero attached hydrogens (tertiary/aromatic N) is 2. The van der Waals surface area contributed by atoms with Gasteiger partial charge in [-0.1, -0.05) is 30.3 Å². The van der Waals surface area contributed by atoms with Crippen molar-refractivity contribution in [2.45, 2.75) is 45.2 Å². The SMILES string of the molecule is COCCCNC(=S)N(Cc1ccccc1)Cc1nc2sc3c(c2c(=O)[nH]1)CCCC3. The number of methoxy groups -OCH3 is 1. The van der Waals surface area contributed by atoms with Crippen molar-refractivity contribution in [3.63, 3.8) is 0 Å². The molecule has 2 aromatic heterocycles. The van der Waals surface area contributed by atoms with Gasteiger partial charge >= 0.3 is 0 Å². The lowest BCUT2D eigenvalue weighted by Gasteiger charge is -2.25. The fourth-order valence-corrected chi connectivity index (χ4v) is 5.50. The van der Waals surface area contributed by atoms with E-state index in [9.17, 15) is 4.79 Å². The zero-order valence-electron chi connectivity index (χ0n) is 17.8. The maximum Gasteiger partial charge on any atom is 0.259 e. The number of hydrogen-bond donors (Lipinski definition) is 2. The van der Waals surface area contributed by atoms with Gasteiger partial charge in [-0.15, -0.1) is 11.3 Å². The number of ether oxygens (including phenoxy) is 1. The Morgan fingerprint density at radius 2 is 2.06 bits per heavy atom. The van der Waals surface area contributed by atoms with Crippen LogP contribution in [0.15, 0.2) is 35.1 Å². The first-order valence-corrected chi connectivity index (χ1v) is 12.0. The van der Waals surface area contributed by atoms with E-state index >= 15 is 0 Å². The molecule has 0 amide bonds. The zero-order chi connectivity index (χ0) is 21.6. The summed E-state index contributed by atoms with van der Waals surface area (Å²) in [5.41, 5.74) is 2.33. The highest BCUT2D eigenvalue weighted by Gasteiger charge is 2.21. The molecule has 0 spiro atoms. The quantitative estimate of drug-likeness (QED) is 0.397. The molecule has 4 rings (SSSR count). The molecular formula is C23H28N4O2S2. The Bertz CT molecular complexity index is 1090. The predicted molar refractivity (Wildman–Crippen MR) is 130 cm³/mol. The zero-order valence-corrected chi connectivity index (χ0v) is 19.4. The third-order valence-corrected chi connectivity index (χ3v) is 7.11. The van der Waals surface area contributed by atoms with Crippen LogP contribution in [0.1, 0.15) is 41.1 Å². The van der Waals surface area contributed by atoms with E-state index in [2.05, 4.69) is 27.3 Å². The van der Waals surface area contributed by atoms with Crippen molar-refractivity contribution in [1.29, 1.82) is 0 Å². The summed E-state index contributed by atoms with van der Waals surface area (Å²) in [6.07, 6.45) is 5.25. The molecule has 0 fully saturated rings. The number of fused-ring (bicyclic) bond motifs is 3. The van der Waals surface area contributed by atoms with Gasteiger partial charge in [-0.05, 0) is 55.4 Å². The van der Waals surface area contributed by atoms with E-state index in [0.717, 1.165) is 48.0 Å². The van der Waals surface area contributed by atoms with Crippen molar-refractivity contribution < 1.29 is 4.74 Å². The summed E-state index contributed by atoms with van der Waals surface area (Å²) in [5.74, 6) is 0.646. The lowest BCUT2D eigenvalue weighted by atomic mass is 9.97. The van der Waals surface area contributed by atoms with Crippen LogP contribution in [0, 0.1) is 0 Å². The van der Waals surface area contributed by atoms with Crippen LogP contribution in [0.5, 0.6) is 0 Å². The monoisotopic (exact) mass is 456 g/mol. The van der Waals surface area contributed by atoms with Gasteiger partial charge in [-0.3, -0.25) is 4.79 Å². The molecule has 31 heavy (non-hydrogen) atoms. The predicted octanol–water partition coefficient (Wildman–Crippen LogP) is 3.78. The van der Waals surface area contributed by atoms with Crippen LogP contribution in [-0.4, -0.2) is 40.2 Å². The third kappa shape index (κ3) is 5.31. The maximum atomic E-state index is 12.9. The Balaban J connectivity index is 1.57. The number of nitrogens with one attached hydrogen (secondary N) is 2. The van der Waals surface area contributed by atoms with Crippen molar-refractivity contribution in [3.05, 3.63) is 62.5 Å². The van der Waals surface area contributed by atoms with Crippen molar-refractivity contribution in [2.75, 3.05) is 20.3 Å². The molecule has 0 saturated heterocycles. The number of hydrogen-bond acceptors (Lipinski definition) is 5. The molecule has 164 valence electrons. The Kier molecular flexibility index (Phi) is 7.32. The molecule has 0 unspecified atom stereocenters. The number of aryl methyl sites for hydroxylation is 2. The normalized spacial score (nSPS) is 13.2. The number of aromatic nitrogens is 2. The van der Waals surface area contributed by atoms with Gasteiger partial charge in [0.1, 0.15) is 10.7 Å². The summed E-state index contributed by atoms with van der Waals surface area (Å²) in [6.45, 7) is 2.50. The Morgan fingerprint density at radius 1 is 1.26 bits per heavy atom. The van der Waals surface area contributed by atoms with Crippen molar-refractivity contribution >= 4 is 38.9 Å². The van der Waals surface area contributed by atoms with E-state index in [4.69, 9.17) is 21.9 Å². The van der Waals surface area contributed by atoms with E-state index in [0.29, 0.717) is 30.6 Å². The molecule has 1 aliphatic carbocycles. The highest BCUT2D eigenvalue weighted by atomic mass is 32.1. The summed E-state index contributed by atoms with van der Waals surface area (Å²) in [6, 6.07) is 10.2. The second kappa shape index (κ2) is 10.3. The molecule has 1 aromatic carbocycles. The number of thiophene rings is 1. The molecule has 0 aliphatic heterocycles. The lowest BCUT2D eigenvalue weighted by molar-refractivity contribution is 0.195. The van der Waals surface area contributed by atoms with Gasteiger partial charge < -0.3 is 19.9 Å². The van der Waals surface area contributed by atoms with Crippen LogP contribution in [0.25, 0.3) is 10.2 Å². The van der Waals surface area contributed by atoms with Gasteiger partial charge in [0.25, 0.3) is 5.56 Å². The topological polar surface area (TPSA) is 70.2 Å². The first kappa shape index (κ1) is 21.9. The van der Waals surface area contributed by atoms with Crippen LogP contribution in [0.4, 0.5) is 0 Å². The van der Waals surface area contributed by atoms with Crippen molar-refractivity contribution in [3.8, 4) is 0 Å². The fourth-order valence-electron chi connectivity index (χ4n) is 3.99. The number of H-pyrrole nitrogens is 1. The summed E-state index contributed by atoms with van der Waals surface area (Å²) in [7, 11) is 1.70. The molecule has 2 N–H and O–H groups in total. The second-order valence-electron chi connectivity index (χ2n) is 7.82. The van der Waals surface area contributed by atoms with E-state index < -0.39 is 0 Å². The molecule has 2 heterocycles. The van der Waals surface area contributed by atoms with Gasteiger partial charge in [-0.2, -0.15) is 0 Å². The van der Waals surface area contributed by atoms with Gasteiger partial charge in [0.05, 0.1) is 11.9 Å². The molecule has 0 bridgehead atoms. The van der Waals surface area contributed by atoms with E-state index in [1.54, 1.807) is 18.4 Å². The van der Waals surface area contributed by atoms with E-state index in [-0.39, 0.29) is 5.56 Å². The largest absolute Gasteiger partial charge is 0.385 e. The average Bonchev–Trinajstić information content (AvgIpc) is 3.15. The molecule has 0 radical (unpaired) electrons. The maximum absolute atomic E-state index is 12.9. The molecule has 8 heteroatoms. The molecular weight excluding hydrogens is 428 g/mol. The smallest absolute Gasteiger partial charge is 0.259 e. The minimum absolute atomic E-state index is 0.0296. The second-order valence-corrected chi connectivity index (χ2v) is 9.29. The fraction of sp³-hybridized carbons (Fsp3) is 0.435. The molecule has 6 nitrogen and oxygen atoms in total. The molecule has 0 atom stereocenters. The number of rotatable bonds is 8. The van der Waals surface area contributed by atoms with Crippen LogP contribution in [-0.2, 0) is 30.7 Å². The minimum Gasteiger partial charge on any atom is -0.385 e. The Labute approximate surface area is 191 Å². The van der Waals surface area contributed by atoms with E-state index in [1.165, 1.54) is 16.9 Å². The number of benzene rings is 1. The molecule has 3 aromatic rings. The standard InChI is InChI=1S/C23H28N4O2S2/c1-29-13-7-12-24-23(30)27(14-16-8-3-2-4-9-16)15-19-25-21(28)20-17-10-5-6-11-18(17)31-22(20)26-19/h2-4,8-9H,5-7,10-15H2,1H3,(H,24,30)(H,25,26,28). The third-order valence-electron chi connectivity index (χ3n) is 5.52. The molecule has 0 saturated carbocycles. The van der Waals surface area contributed by atoms with Crippen LogP contribution < -0.4 is 10.9 Å². The summed E-state index contributed by atoms with van der Waals surface area (Å²) < 4.78 is 5.12. The van der Waals surface area contributed by atoms with Gasteiger partial charge in [0.2, 0.25) is 0 Å². The lowest BCUT2D eigenvalue weighted by Crippen LogP contribution is -2.40. The van der Waals surface area contributed by atoms with Gasteiger partial charge in [-0.25, -0.2) is 4.98 Å². The Morgan fingerprint density at radius 3 is 2.87 bits per heavy atom. The summed E-state index contributed by atoms with van der Waals surface area (Å²) in [4.78, 5) is 25.0. The van der Waals surface area contributed by atoms with Crippen molar-refractivity contribution in [1.82, 2.24) is 20.2 Å². The van der Waals surface area contributed by atoms with Crippen molar-refractivity contribution in [2.24, 2.45) is 0 Å². The minimum atomic E-state index is -0.0296. The van der Waals surface area contributed by atoms with Gasteiger partial charge in [0, 0.05) is 31.7 Å². The van der Waals surface area contributed by atoms with E-state index in [1.807, 2.05) is 18.2 Å². The highest BCUT2D eigenvalue weighted by Crippen LogP contribution is 2.33. The van der Waals surface area contributed by atoms with Crippen LogP contribution in [0.2, 0.25) is 0 Å². The molecule has 1 aliphatic rings. The summed E-state index contributed by atoms with van der Waals surface area (Å²) in [5, 5.41) is 4.75. The van der Waals surface area contributed by atoms with Crippen LogP contribution >= 0.6 is 23.6 Å². The average molecular weight is 457 g/mol. The first-order valence-electron chi connectivity index (χ1n) is 10.7. The van der Waals surface area contributed by atoms with Gasteiger partial charge in [0.15, 0.2) is 5.11 Å². The Hall–Kier alpha value is -2.29. The first-order chi connectivity index (χ1) is 15.2. The highest BCUT2D eigenvalue weighted by molar-refractivity contribution is 7.80. The van der Waals surface area contributed by atoms with Crippen LogP contribution in [0.3, 0.4) is 0 Å².